The van der Waals surface area contributed by atoms with Gasteiger partial charge in [0.2, 0.25) is 0 Å². The smallest absolute Gasteiger partial charge is 0.326 e. The fourth-order valence-electron chi connectivity index (χ4n) is 2.12. The maximum absolute atomic E-state index is 12.3. The van der Waals surface area contributed by atoms with E-state index >= 15 is 0 Å². The Labute approximate surface area is 155 Å². The highest BCUT2D eigenvalue weighted by Gasteiger charge is 2.20. The van der Waals surface area contributed by atoms with Crippen molar-refractivity contribution in [3.63, 3.8) is 0 Å². The molecule has 0 bridgehead atoms. The van der Waals surface area contributed by atoms with Crippen LogP contribution in [-0.4, -0.2) is 35.1 Å². The molecule has 138 valence electrons. The van der Waals surface area contributed by atoms with Gasteiger partial charge in [-0.3, -0.25) is 4.79 Å². The molecular weight excluding hydrogens is 356 g/mol. The summed E-state index contributed by atoms with van der Waals surface area (Å²) >= 11 is 1.48. The molecule has 0 saturated carbocycles. The summed E-state index contributed by atoms with van der Waals surface area (Å²) < 4.78 is 10.9. The van der Waals surface area contributed by atoms with E-state index in [0.717, 1.165) is 5.69 Å². The summed E-state index contributed by atoms with van der Waals surface area (Å²) in [5.74, 6) is -0.730. The Morgan fingerprint density at radius 2 is 2.19 bits per heavy atom. The number of aromatic nitrogens is 1. The summed E-state index contributed by atoms with van der Waals surface area (Å²) in [5, 5.41) is 13.6. The Balaban J connectivity index is 2.08. The van der Waals surface area contributed by atoms with Crippen molar-refractivity contribution in [1.82, 2.24) is 10.3 Å². The predicted molar refractivity (Wildman–Crippen MR) is 97.8 cm³/mol. The lowest BCUT2D eigenvalue weighted by molar-refractivity contribution is -0.139. The third kappa shape index (κ3) is 5.32. The zero-order valence-corrected chi connectivity index (χ0v) is 15.3. The number of rotatable bonds is 9. The van der Waals surface area contributed by atoms with Crippen LogP contribution in [0, 0.1) is 0 Å². The van der Waals surface area contributed by atoms with Gasteiger partial charge in [-0.05, 0) is 31.5 Å². The van der Waals surface area contributed by atoms with E-state index in [1.807, 2.05) is 5.38 Å². The molecule has 26 heavy (non-hydrogen) atoms. The number of carbonyl (C=O) groups is 2. The van der Waals surface area contributed by atoms with E-state index in [4.69, 9.17) is 9.47 Å². The Hall–Kier alpha value is -2.87. The first-order valence-corrected chi connectivity index (χ1v) is 8.82. The first-order chi connectivity index (χ1) is 12.5. The number of ether oxygens (including phenoxy) is 2. The standard InChI is InChI=1S/C18H20N2O5S/c1-3-4-5-14(18(22)23)20-17(21)12-6-7-15(16(8-12)24-2)25-9-13-10-26-11-19-13/h3-4,6-8,10-11,14H,5,9H2,1-2H3,(H,20,21)(H,22,23)/b4-3+. The third-order valence-electron chi connectivity index (χ3n) is 3.50. The number of allylic oxidation sites excluding steroid dienone is 1. The van der Waals surface area contributed by atoms with Gasteiger partial charge < -0.3 is 19.9 Å². The van der Waals surface area contributed by atoms with Crippen molar-refractivity contribution < 1.29 is 24.2 Å². The summed E-state index contributed by atoms with van der Waals surface area (Å²) in [5.41, 5.74) is 2.80. The molecule has 8 heteroatoms. The number of nitrogens with one attached hydrogen (secondary N) is 1. The van der Waals surface area contributed by atoms with Gasteiger partial charge in [0.15, 0.2) is 11.5 Å². The maximum Gasteiger partial charge on any atom is 0.326 e. The number of carboxylic acid groups (broad SMARTS) is 1. The molecule has 0 radical (unpaired) electrons. The summed E-state index contributed by atoms with van der Waals surface area (Å²) in [6, 6.07) is 3.69. The van der Waals surface area contributed by atoms with Gasteiger partial charge in [0.05, 0.1) is 18.3 Å². The zero-order valence-electron chi connectivity index (χ0n) is 14.5. The van der Waals surface area contributed by atoms with Gasteiger partial charge in [0.25, 0.3) is 5.91 Å². The second-order valence-corrected chi connectivity index (χ2v) is 6.02. The fraction of sp³-hybridized carbons (Fsp3) is 0.278. The quantitative estimate of drug-likeness (QED) is 0.653. The fourth-order valence-corrected chi connectivity index (χ4v) is 2.67. The van der Waals surface area contributed by atoms with Crippen LogP contribution in [0.5, 0.6) is 11.5 Å². The van der Waals surface area contributed by atoms with Gasteiger partial charge in [-0.1, -0.05) is 12.2 Å². The highest BCUT2D eigenvalue weighted by atomic mass is 32.1. The molecule has 2 aromatic rings. The third-order valence-corrected chi connectivity index (χ3v) is 4.13. The molecule has 0 saturated heterocycles. The Morgan fingerprint density at radius 1 is 1.38 bits per heavy atom. The molecule has 0 aliphatic carbocycles. The highest BCUT2D eigenvalue weighted by Crippen LogP contribution is 2.29. The topological polar surface area (TPSA) is 97.8 Å². The molecule has 1 heterocycles. The van der Waals surface area contributed by atoms with Gasteiger partial charge in [-0.2, -0.15) is 0 Å². The molecule has 1 aromatic carbocycles. The number of hydrogen-bond acceptors (Lipinski definition) is 6. The van der Waals surface area contributed by atoms with E-state index in [1.165, 1.54) is 24.5 Å². The average Bonchev–Trinajstić information content (AvgIpc) is 3.16. The van der Waals surface area contributed by atoms with E-state index in [9.17, 15) is 14.7 Å². The van der Waals surface area contributed by atoms with Crippen molar-refractivity contribution in [2.45, 2.75) is 26.0 Å². The molecule has 0 spiro atoms. The minimum absolute atomic E-state index is 0.212. The molecular formula is C18H20N2O5S. The first kappa shape index (κ1) is 19.5. The summed E-state index contributed by atoms with van der Waals surface area (Å²) in [6.45, 7) is 2.08. The molecule has 2 N–H and O–H groups in total. The number of amides is 1. The maximum atomic E-state index is 12.3. The van der Waals surface area contributed by atoms with Crippen LogP contribution in [-0.2, 0) is 11.4 Å². The minimum atomic E-state index is -1.09. The minimum Gasteiger partial charge on any atom is -0.493 e. The average molecular weight is 376 g/mol. The van der Waals surface area contributed by atoms with Crippen LogP contribution in [0.3, 0.4) is 0 Å². The van der Waals surface area contributed by atoms with Crippen LogP contribution in [0.15, 0.2) is 41.2 Å². The largest absolute Gasteiger partial charge is 0.493 e. The van der Waals surface area contributed by atoms with Crippen LogP contribution in [0.25, 0.3) is 0 Å². The second-order valence-electron chi connectivity index (χ2n) is 5.30. The van der Waals surface area contributed by atoms with Crippen LogP contribution in [0.4, 0.5) is 0 Å². The first-order valence-electron chi connectivity index (χ1n) is 7.88. The number of thiazole rings is 1. The SMILES string of the molecule is C/C=C/CC(NC(=O)c1ccc(OCc2cscn2)c(OC)c1)C(=O)O. The van der Waals surface area contributed by atoms with Crippen LogP contribution >= 0.6 is 11.3 Å². The number of carboxylic acids is 1. The van der Waals surface area contributed by atoms with Gasteiger partial charge in [-0.25, -0.2) is 9.78 Å². The highest BCUT2D eigenvalue weighted by molar-refractivity contribution is 7.07. The Morgan fingerprint density at radius 3 is 2.81 bits per heavy atom. The Bertz CT molecular complexity index is 774. The van der Waals surface area contributed by atoms with Crippen LogP contribution in [0.2, 0.25) is 0 Å². The van der Waals surface area contributed by atoms with E-state index in [-0.39, 0.29) is 18.6 Å². The number of hydrogen-bond donors (Lipinski definition) is 2. The lowest BCUT2D eigenvalue weighted by Gasteiger charge is -2.14. The molecule has 0 aliphatic rings. The van der Waals surface area contributed by atoms with Crippen molar-refractivity contribution in [1.29, 1.82) is 0 Å². The molecule has 1 atom stereocenters. The molecule has 1 amide bonds. The lowest BCUT2D eigenvalue weighted by atomic mass is 10.1. The number of carbonyl (C=O) groups excluding carboxylic acids is 1. The van der Waals surface area contributed by atoms with Crippen LogP contribution in [0.1, 0.15) is 29.4 Å². The summed E-state index contributed by atoms with van der Waals surface area (Å²) in [4.78, 5) is 27.7. The normalized spacial score (nSPS) is 11.9. The van der Waals surface area contributed by atoms with Gasteiger partial charge in [0.1, 0.15) is 12.6 Å². The van der Waals surface area contributed by atoms with E-state index < -0.39 is 17.9 Å². The van der Waals surface area contributed by atoms with Crippen molar-refractivity contribution in [3.8, 4) is 11.5 Å². The van der Waals surface area contributed by atoms with E-state index in [1.54, 1.807) is 36.7 Å². The monoisotopic (exact) mass is 376 g/mol. The molecule has 2 rings (SSSR count). The van der Waals surface area contributed by atoms with Crippen molar-refractivity contribution in [2.75, 3.05) is 7.11 Å². The van der Waals surface area contributed by atoms with Crippen molar-refractivity contribution in [2.24, 2.45) is 0 Å². The number of aliphatic carboxylic acids is 1. The van der Waals surface area contributed by atoms with Gasteiger partial charge >= 0.3 is 5.97 Å². The summed E-state index contributed by atoms with van der Waals surface area (Å²) in [6.07, 6.45) is 3.64. The van der Waals surface area contributed by atoms with Gasteiger partial charge in [0, 0.05) is 10.9 Å². The molecule has 1 unspecified atom stereocenters. The van der Waals surface area contributed by atoms with E-state index in [2.05, 4.69) is 10.3 Å². The number of benzene rings is 1. The summed E-state index contributed by atoms with van der Waals surface area (Å²) in [7, 11) is 1.47. The van der Waals surface area contributed by atoms with Gasteiger partial charge in [-0.15, -0.1) is 11.3 Å². The predicted octanol–water partition coefficient (Wildman–Crippen LogP) is 2.88. The second kappa shape index (κ2) is 9.57. The lowest BCUT2D eigenvalue weighted by Crippen LogP contribution is -2.40. The van der Waals surface area contributed by atoms with Crippen molar-refractivity contribution in [3.05, 3.63) is 52.5 Å². The Kier molecular flexibility index (Phi) is 7.16. The van der Waals surface area contributed by atoms with E-state index in [0.29, 0.717) is 11.5 Å². The van der Waals surface area contributed by atoms with Crippen LogP contribution < -0.4 is 14.8 Å². The van der Waals surface area contributed by atoms with Crippen molar-refractivity contribution >= 4 is 23.2 Å². The molecule has 7 nitrogen and oxygen atoms in total. The molecule has 0 aliphatic heterocycles. The number of nitrogens with zero attached hydrogens (tertiary/aromatic N) is 1. The molecule has 0 fully saturated rings. The zero-order chi connectivity index (χ0) is 18.9. The number of methoxy groups -OCH3 is 1. The molecule has 1 aromatic heterocycles.